The van der Waals surface area contributed by atoms with E-state index in [1.807, 2.05) is 10.7 Å². The minimum absolute atomic E-state index is 0.458. The van der Waals surface area contributed by atoms with Crippen LogP contribution in [0.15, 0.2) is 16.7 Å². The Bertz CT molecular complexity index is 553. The second-order valence-corrected chi connectivity index (χ2v) is 5.31. The molecule has 1 heterocycles. The Morgan fingerprint density at radius 1 is 1.39 bits per heavy atom. The van der Waals surface area contributed by atoms with Gasteiger partial charge in [0.1, 0.15) is 11.3 Å². The third-order valence-electron chi connectivity index (χ3n) is 2.79. The minimum atomic E-state index is 0.458. The zero-order valence-electron chi connectivity index (χ0n) is 10.5. The van der Waals surface area contributed by atoms with Crippen LogP contribution in [-0.2, 0) is 17.9 Å². The molecule has 0 N–H and O–H groups in total. The Morgan fingerprint density at radius 2 is 2.17 bits per heavy atom. The number of aromatic nitrogens is 2. The largest absolute Gasteiger partial charge is 0.359 e. The number of benzene rings is 1. The summed E-state index contributed by atoms with van der Waals surface area (Å²) in [4.78, 5) is 0. The lowest BCUT2D eigenvalue weighted by molar-refractivity contribution is 0.0721. The Labute approximate surface area is 120 Å². The highest BCUT2D eigenvalue weighted by Gasteiger charge is 2.13. The zero-order valence-corrected chi connectivity index (χ0v) is 12.9. The topological polar surface area (TPSA) is 27.1 Å². The third-order valence-corrected chi connectivity index (χ3v) is 3.65. The molecule has 0 amide bonds. The van der Waals surface area contributed by atoms with Gasteiger partial charge < -0.3 is 4.74 Å². The van der Waals surface area contributed by atoms with Gasteiger partial charge in [0.2, 0.25) is 0 Å². The summed E-state index contributed by atoms with van der Waals surface area (Å²) in [5, 5.41) is 6.11. The summed E-state index contributed by atoms with van der Waals surface area (Å²) >= 11 is 9.75. The van der Waals surface area contributed by atoms with Crippen LogP contribution >= 0.6 is 27.5 Å². The fourth-order valence-corrected chi connectivity index (χ4v) is 2.91. The van der Waals surface area contributed by atoms with Gasteiger partial charge in [0.05, 0.1) is 15.9 Å². The predicted octanol–water partition coefficient (Wildman–Crippen LogP) is 4.40. The molecule has 1 aromatic heterocycles. The Balaban J connectivity index is 2.44. The Kier molecular flexibility index (Phi) is 4.65. The van der Waals surface area contributed by atoms with Crippen molar-refractivity contribution in [2.75, 3.05) is 6.61 Å². The summed E-state index contributed by atoms with van der Waals surface area (Å²) < 4.78 is 8.16. The van der Waals surface area contributed by atoms with Crippen LogP contribution in [0, 0.1) is 0 Å². The van der Waals surface area contributed by atoms with Gasteiger partial charge in [0, 0.05) is 6.61 Å². The SMILES string of the molecule is CCCOCn1nc(Br)c2c(Cl)cc(CC)cc21. The minimum Gasteiger partial charge on any atom is -0.359 e. The lowest BCUT2D eigenvalue weighted by Gasteiger charge is -2.06. The van der Waals surface area contributed by atoms with E-state index >= 15 is 0 Å². The number of hydrogen-bond acceptors (Lipinski definition) is 2. The van der Waals surface area contributed by atoms with Gasteiger partial charge in [0.15, 0.2) is 0 Å². The van der Waals surface area contributed by atoms with Gasteiger partial charge in [-0.3, -0.25) is 0 Å². The van der Waals surface area contributed by atoms with E-state index in [2.05, 4.69) is 40.9 Å². The molecule has 98 valence electrons. The molecule has 5 heteroatoms. The van der Waals surface area contributed by atoms with E-state index in [9.17, 15) is 0 Å². The molecule has 0 aliphatic rings. The maximum atomic E-state index is 6.30. The van der Waals surface area contributed by atoms with E-state index in [1.54, 1.807) is 0 Å². The molecule has 2 aromatic rings. The first kappa shape index (κ1) is 13.8. The smallest absolute Gasteiger partial charge is 0.140 e. The van der Waals surface area contributed by atoms with Crippen molar-refractivity contribution in [2.45, 2.75) is 33.4 Å². The normalized spacial score (nSPS) is 11.3. The van der Waals surface area contributed by atoms with E-state index in [4.69, 9.17) is 16.3 Å². The van der Waals surface area contributed by atoms with Crippen molar-refractivity contribution in [3.63, 3.8) is 0 Å². The zero-order chi connectivity index (χ0) is 13.1. The number of hydrogen-bond donors (Lipinski definition) is 0. The number of aryl methyl sites for hydroxylation is 1. The van der Waals surface area contributed by atoms with Gasteiger partial charge in [-0.15, -0.1) is 0 Å². The molecule has 0 bridgehead atoms. The molecule has 1 aromatic carbocycles. The van der Waals surface area contributed by atoms with Crippen LogP contribution in [-0.4, -0.2) is 16.4 Å². The first-order chi connectivity index (χ1) is 8.67. The summed E-state index contributed by atoms with van der Waals surface area (Å²) in [7, 11) is 0. The van der Waals surface area contributed by atoms with Crippen molar-refractivity contribution in [3.05, 3.63) is 27.3 Å². The van der Waals surface area contributed by atoms with Gasteiger partial charge in [-0.2, -0.15) is 5.10 Å². The highest BCUT2D eigenvalue weighted by atomic mass is 79.9. The molecule has 0 fully saturated rings. The lowest BCUT2D eigenvalue weighted by atomic mass is 10.1. The molecule has 0 aliphatic carbocycles. The van der Waals surface area contributed by atoms with E-state index in [0.717, 1.165) is 40.0 Å². The van der Waals surface area contributed by atoms with Crippen LogP contribution in [0.2, 0.25) is 5.02 Å². The van der Waals surface area contributed by atoms with Gasteiger partial charge in [-0.05, 0) is 46.5 Å². The molecule has 0 spiro atoms. The molecule has 2 rings (SSSR count). The average molecular weight is 332 g/mol. The number of rotatable bonds is 5. The standard InChI is InChI=1S/C13H16BrClN2O/c1-3-5-18-8-17-11-7-9(4-2)6-10(15)12(11)13(14)16-17/h6-7H,3-5,8H2,1-2H3. The fourth-order valence-electron chi connectivity index (χ4n) is 1.86. The molecule has 0 saturated heterocycles. The molecule has 0 atom stereocenters. The summed E-state index contributed by atoms with van der Waals surface area (Å²) in [6.07, 6.45) is 1.95. The van der Waals surface area contributed by atoms with Gasteiger partial charge >= 0.3 is 0 Å². The maximum absolute atomic E-state index is 6.30. The molecular weight excluding hydrogens is 316 g/mol. The second-order valence-electron chi connectivity index (χ2n) is 4.15. The highest BCUT2D eigenvalue weighted by Crippen LogP contribution is 2.31. The van der Waals surface area contributed by atoms with Gasteiger partial charge in [-0.1, -0.05) is 25.4 Å². The van der Waals surface area contributed by atoms with Crippen LogP contribution in [0.5, 0.6) is 0 Å². The predicted molar refractivity (Wildman–Crippen MR) is 78.1 cm³/mol. The highest BCUT2D eigenvalue weighted by molar-refractivity contribution is 9.10. The number of nitrogens with zero attached hydrogens (tertiary/aromatic N) is 2. The molecular formula is C13H16BrClN2O. The number of ether oxygens (including phenoxy) is 1. The van der Waals surface area contributed by atoms with Crippen molar-refractivity contribution >= 4 is 38.4 Å². The van der Waals surface area contributed by atoms with Crippen LogP contribution in [0.3, 0.4) is 0 Å². The van der Waals surface area contributed by atoms with Crippen LogP contribution in [0.1, 0.15) is 25.8 Å². The maximum Gasteiger partial charge on any atom is 0.140 e. The molecule has 0 saturated carbocycles. The number of fused-ring (bicyclic) bond motifs is 1. The van der Waals surface area contributed by atoms with Crippen molar-refractivity contribution in [2.24, 2.45) is 0 Å². The summed E-state index contributed by atoms with van der Waals surface area (Å²) in [5.74, 6) is 0. The van der Waals surface area contributed by atoms with Crippen molar-refractivity contribution < 1.29 is 4.74 Å². The first-order valence-electron chi connectivity index (χ1n) is 6.09. The van der Waals surface area contributed by atoms with Crippen molar-refractivity contribution in [1.29, 1.82) is 0 Å². The van der Waals surface area contributed by atoms with Crippen molar-refractivity contribution in [1.82, 2.24) is 9.78 Å². The van der Waals surface area contributed by atoms with E-state index in [0.29, 0.717) is 6.73 Å². The third kappa shape index (κ3) is 2.71. The number of halogens is 2. The molecule has 0 aliphatic heterocycles. The fraction of sp³-hybridized carbons (Fsp3) is 0.462. The van der Waals surface area contributed by atoms with Crippen molar-refractivity contribution in [3.8, 4) is 0 Å². The van der Waals surface area contributed by atoms with E-state index in [-0.39, 0.29) is 0 Å². The molecule has 3 nitrogen and oxygen atoms in total. The summed E-state index contributed by atoms with van der Waals surface area (Å²) in [6.45, 7) is 5.39. The van der Waals surface area contributed by atoms with E-state index in [1.165, 1.54) is 5.56 Å². The van der Waals surface area contributed by atoms with Crippen LogP contribution in [0.4, 0.5) is 0 Å². The van der Waals surface area contributed by atoms with Gasteiger partial charge in [0.25, 0.3) is 0 Å². The Morgan fingerprint density at radius 3 is 2.83 bits per heavy atom. The second kappa shape index (κ2) is 6.04. The summed E-state index contributed by atoms with van der Waals surface area (Å²) in [5.41, 5.74) is 2.22. The summed E-state index contributed by atoms with van der Waals surface area (Å²) in [6, 6.07) is 4.11. The molecule has 0 unspecified atom stereocenters. The lowest BCUT2D eigenvalue weighted by Crippen LogP contribution is -2.04. The van der Waals surface area contributed by atoms with Gasteiger partial charge in [-0.25, -0.2) is 4.68 Å². The molecule has 0 radical (unpaired) electrons. The Hall–Kier alpha value is -0.580. The van der Waals surface area contributed by atoms with E-state index < -0.39 is 0 Å². The van der Waals surface area contributed by atoms with Crippen LogP contribution in [0.25, 0.3) is 10.9 Å². The first-order valence-corrected chi connectivity index (χ1v) is 7.26. The monoisotopic (exact) mass is 330 g/mol. The molecule has 18 heavy (non-hydrogen) atoms. The van der Waals surface area contributed by atoms with Crippen LogP contribution < -0.4 is 0 Å². The quantitative estimate of drug-likeness (QED) is 0.759. The average Bonchev–Trinajstić information content (AvgIpc) is 2.67.